The molecule has 3 aromatic carbocycles. The van der Waals surface area contributed by atoms with Crippen molar-refractivity contribution in [1.29, 1.82) is 0 Å². The van der Waals surface area contributed by atoms with Crippen LogP contribution in [0.5, 0.6) is 0 Å². The number of anilines is 2. The average Bonchev–Trinajstić information content (AvgIpc) is 3.14. The van der Waals surface area contributed by atoms with Crippen LogP contribution in [0.15, 0.2) is 66.7 Å². The molecule has 0 spiro atoms. The van der Waals surface area contributed by atoms with Crippen molar-refractivity contribution in [3.63, 3.8) is 0 Å². The Morgan fingerprint density at radius 1 is 0.839 bits per heavy atom. The number of fused-ring (bicyclic) bond motifs is 2. The minimum atomic E-state index is -4.52. The molecule has 0 aliphatic carbocycles. The summed E-state index contributed by atoms with van der Waals surface area (Å²) in [6.45, 7) is 0. The monoisotopic (exact) mass is 417 g/mol. The zero-order valence-corrected chi connectivity index (χ0v) is 16.3. The Morgan fingerprint density at radius 2 is 1.61 bits per heavy atom. The Balaban J connectivity index is 1.69. The van der Waals surface area contributed by atoms with Gasteiger partial charge in [0.05, 0.1) is 16.6 Å². The number of hydrogen-bond acceptors (Lipinski definition) is 4. The first-order valence-electron chi connectivity index (χ1n) is 9.55. The van der Waals surface area contributed by atoms with Gasteiger partial charge in [-0.1, -0.05) is 41.9 Å². The van der Waals surface area contributed by atoms with E-state index in [4.69, 9.17) is 0 Å². The van der Waals surface area contributed by atoms with E-state index >= 15 is 0 Å². The number of halogens is 3. The largest absolute Gasteiger partial charge is 0.417 e. The van der Waals surface area contributed by atoms with E-state index in [0.29, 0.717) is 22.5 Å². The van der Waals surface area contributed by atoms with E-state index in [-0.39, 0.29) is 11.4 Å². The van der Waals surface area contributed by atoms with Crippen LogP contribution in [0.25, 0.3) is 33.2 Å². The highest BCUT2D eigenvalue weighted by Crippen LogP contribution is 2.37. The van der Waals surface area contributed by atoms with E-state index in [9.17, 15) is 13.2 Å². The van der Waals surface area contributed by atoms with Crippen LogP contribution in [-0.2, 0) is 6.18 Å². The van der Waals surface area contributed by atoms with Crippen LogP contribution >= 0.6 is 0 Å². The van der Waals surface area contributed by atoms with Crippen molar-refractivity contribution in [2.75, 3.05) is 5.32 Å². The summed E-state index contributed by atoms with van der Waals surface area (Å²) in [4.78, 5) is 8.87. The third-order valence-corrected chi connectivity index (χ3v) is 5.03. The first kappa shape index (κ1) is 19.1. The average molecular weight is 417 g/mol. The van der Waals surface area contributed by atoms with Crippen LogP contribution < -0.4 is 10.8 Å². The molecule has 152 valence electrons. The molecule has 0 aliphatic rings. The summed E-state index contributed by atoms with van der Waals surface area (Å²) in [5, 5.41) is 12.0. The third kappa shape index (κ3) is 3.48. The maximum Gasteiger partial charge on any atom is 0.417 e. The SMILES string of the molecule is Bc1ccc2c(Nc3nc(-c4ccccc4C(F)(F)F)nc4ccccc34)n[nH]c2c1. The number of nitrogens with one attached hydrogen (secondary N) is 2. The Kier molecular flexibility index (Phi) is 4.39. The lowest BCUT2D eigenvalue weighted by Gasteiger charge is -2.14. The highest BCUT2D eigenvalue weighted by atomic mass is 19.4. The summed E-state index contributed by atoms with van der Waals surface area (Å²) in [6.07, 6.45) is -4.52. The molecule has 2 aromatic heterocycles. The fraction of sp³-hybridized carbons (Fsp3) is 0.0455. The van der Waals surface area contributed by atoms with E-state index in [1.807, 2.05) is 38.2 Å². The van der Waals surface area contributed by atoms with Gasteiger partial charge in [-0.3, -0.25) is 5.10 Å². The summed E-state index contributed by atoms with van der Waals surface area (Å²) in [6, 6.07) is 18.3. The van der Waals surface area contributed by atoms with E-state index < -0.39 is 11.7 Å². The molecule has 0 aliphatic heterocycles. The van der Waals surface area contributed by atoms with E-state index in [1.165, 1.54) is 12.1 Å². The number of rotatable bonds is 3. The summed E-state index contributed by atoms with van der Waals surface area (Å²) >= 11 is 0. The summed E-state index contributed by atoms with van der Waals surface area (Å²) in [5.41, 5.74) is 1.61. The fourth-order valence-corrected chi connectivity index (χ4v) is 3.56. The molecule has 0 saturated carbocycles. The first-order chi connectivity index (χ1) is 14.9. The predicted octanol–water partition coefficient (Wildman–Crippen LogP) is 4.19. The second-order valence-corrected chi connectivity index (χ2v) is 7.20. The quantitative estimate of drug-likeness (QED) is 0.432. The van der Waals surface area contributed by atoms with Crippen molar-refractivity contribution < 1.29 is 13.2 Å². The van der Waals surface area contributed by atoms with Crippen LogP contribution in [0, 0.1) is 0 Å². The number of nitrogens with zero attached hydrogens (tertiary/aromatic N) is 3. The Hall–Kier alpha value is -3.88. The molecule has 9 heteroatoms. The molecule has 2 N–H and O–H groups in total. The molecule has 0 saturated heterocycles. The van der Waals surface area contributed by atoms with Gasteiger partial charge in [-0.15, -0.1) is 0 Å². The molecule has 5 rings (SSSR count). The van der Waals surface area contributed by atoms with Gasteiger partial charge in [0.25, 0.3) is 0 Å². The van der Waals surface area contributed by atoms with Crippen LogP contribution in [0.4, 0.5) is 24.8 Å². The maximum atomic E-state index is 13.6. The summed E-state index contributed by atoms with van der Waals surface area (Å²) in [7, 11) is 1.98. The van der Waals surface area contributed by atoms with Crippen molar-refractivity contribution in [3.8, 4) is 11.4 Å². The lowest BCUT2D eigenvalue weighted by atomic mass is 9.95. The highest BCUT2D eigenvalue weighted by molar-refractivity contribution is 6.33. The van der Waals surface area contributed by atoms with Gasteiger partial charge in [-0.05, 0) is 30.3 Å². The lowest BCUT2D eigenvalue weighted by Crippen LogP contribution is -2.08. The molecule has 31 heavy (non-hydrogen) atoms. The smallest absolute Gasteiger partial charge is 0.322 e. The van der Waals surface area contributed by atoms with Crippen molar-refractivity contribution in [1.82, 2.24) is 20.2 Å². The molecule has 5 aromatic rings. The van der Waals surface area contributed by atoms with Gasteiger partial charge < -0.3 is 5.32 Å². The second kappa shape index (κ2) is 7.12. The molecule has 0 amide bonds. The van der Waals surface area contributed by atoms with Crippen molar-refractivity contribution in [3.05, 3.63) is 72.3 Å². The van der Waals surface area contributed by atoms with Crippen LogP contribution in [-0.4, -0.2) is 28.0 Å². The Morgan fingerprint density at radius 3 is 2.45 bits per heavy atom. The van der Waals surface area contributed by atoms with Crippen LogP contribution in [0.2, 0.25) is 0 Å². The van der Waals surface area contributed by atoms with Gasteiger partial charge in [-0.2, -0.15) is 18.3 Å². The van der Waals surface area contributed by atoms with Crippen molar-refractivity contribution in [2.24, 2.45) is 0 Å². The molecular weight excluding hydrogens is 402 g/mol. The lowest BCUT2D eigenvalue weighted by molar-refractivity contribution is -0.137. The standard InChI is InChI=1S/C22H15BF3N5/c23-12-9-10-15-18(11-12)30-31-21(15)29-20-14-6-2-4-8-17(14)27-19(28-20)13-5-1-3-7-16(13)22(24,25)26/h1-11H,23H2,(H2,27,28,29,30,31). The number of para-hydroxylation sites is 1. The van der Waals surface area contributed by atoms with Crippen molar-refractivity contribution in [2.45, 2.75) is 6.18 Å². The second-order valence-electron chi connectivity index (χ2n) is 7.20. The van der Waals surface area contributed by atoms with E-state index in [0.717, 1.165) is 22.4 Å². The highest BCUT2D eigenvalue weighted by Gasteiger charge is 2.34. The number of aromatic nitrogens is 4. The van der Waals surface area contributed by atoms with E-state index in [1.54, 1.807) is 18.2 Å². The zero-order chi connectivity index (χ0) is 21.6. The number of H-pyrrole nitrogens is 1. The molecule has 0 bridgehead atoms. The summed E-state index contributed by atoms with van der Waals surface area (Å²) in [5.74, 6) is 0.908. The van der Waals surface area contributed by atoms with E-state index in [2.05, 4.69) is 25.5 Å². The normalized spacial score (nSPS) is 11.8. The molecule has 0 fully saturated rings. The molecular formula is C22H15BF3N5. The Bertz CT molecular complexity index is 1430. The van der Waals surface area contributed by atoms with Gasteiger partial charge >= 0.3 is 6.18 Å². The van der Waals surface area contributed by atoms with Crippen molar-refractivity contribution >= 4 is 46.8 Å². The Labute approximate surface area is 175 Å². The number of alkyl halides is 3. The predicted molar refractivity (Wildman–Crippen MR) is 118 cm³/mol. The van der Waals surface area contributed by atoms with Crippen LogP contribution in [0.1, 0.15) is 5.56 Å². The van der Waals surface area contributed by atoms with Gasteiger partial charge in [0.2, 0.25) is 0 Å². The number of hydrogen-bond donors (Lipinski definition) is 2. The van der Waals surface area contributed by atoms with Gasteiger partial charge in [-0.25, -0.2) is 9.97 Å². The molecule has 0 radical (unpaired) electrons. The van der Waals surface area contributed by atoms with Gasteiger partial charge in [0.15, 0.2) is 11.6 Å². The zero-order valence-electron chi connectivity index (χ0n) is 16.3. The minimum Gasteiger partial charge on any atom is -0.322 e. The summed E-state index contributed by atoms with van der Waals surface area (Å²) < 4.78 is 40.7. The third-order valence-electron chi connectivity index (χ3n) is 5.03. The van der Waals surface area contributed by atoms with Gasteiger partial charge in [0, 0.05) is 16.3 Å². The molecule has 0 unspecified atom stereocenters. The first-order valence-corrected chi connectivity index (χ1v) is 9.55. The molecule has 2 heterocycles. The molecule has 0 atom stereocenters. The minimum absolute atomic E-state index is 0.00943. The maximum absolute atomic E-state index is 13.6. The van der Waals surface area contributed by atoms with Crippen LogP contribution in [0.3, 0.4) is 0 Å². The topological polar surface area (TPSA) is 66.5 Å². The fourth-order valence-electron chi connectivity index (χ4n) is 3.56. The van der Waals surface area contributed by atoms with Gasteiger partial charge in [0.1, 0.15) is 13.7 Å². The molecule has 5 nitrogen and oxygen atoms in total. The number of benzene rings is 3. The number of aromatic amines is 1.